The third-order valence-electron chi connectivity index (χ3n) is 5.64. The van der Waals surface area contributed by atoms with Crippen LogP contribution in [-0.4, -0.2) is 62.9 Å². The topological polar surface area (TPSA) is 127 Å². The Kier molecular flexibility index (Phi) is 7.62. The first kappa shape index (κ1) is 27.1. The highest BCUT2D eigenvalue weighted by Crippen LogP contribution is 2.36. The number of hydrogen-bond donors (Lipinski definition) is 3. The van der Waals surface area contributed by atoms with Crippen molar-refractivity contribution in [1.82, 2.24) is 10.3 Å². The highest BCUT2D eigenvalue weighted by molar-refractivity contribution is 7.92. The van der Waals surface area contributed by atoms with Crippen molar-refractivity contribution >= 4 is 49.7 Å². The molecular formula is C23H21ClF3N3O6S. The number of aliphatic hydroxyl groups excluding tert-OH is 1. The number of hydrogen-bond acceptors (Lipinski definition) is 9. The number of nitrogens with zero attached hydrogens (tertiary/aromatic N) is 1. The quantitative estimate of drug-likeness (QED) is 0.387. The molecule has 2 unspecified atom stereocenters. The summed E-state index contributed by atoms with van der Waals surface area (Å²) in [5.41, 5.74) is -0.472. The van der Waals surface area contributed by atoms with Crippen molar-refractivity contribution in [3.63, 3.8) is 0 Å². The number of methoxy groups -OCH3 is 1. The molecule has 198 valence electrons. The zero-order valence-electron chi connectivity index (χ0n) is 19.2. The van der Waals surface area contributed by atoms with Crippen LogP contribution in [0.5, 0.6) is 0 Å². The highest BCUT2D eigenvalue weighted by Gasteiger charge is 2.40. The molecule has 37 heavy (non-hydrogen) atoms. The summed E-state index contributed by atoms with van der Waals surface area (Å²) in [7, 11) is -2.97. The van der Waals surface area contributed by atoms with Gasteiger partial charge in [-0.15, -0.1) is 0 Å². The fourth-order valence-corrected chi connectivity index (χ4v) is 5.35. The summed E-state index contributed by atoms with van der Waals surface area (Å²) in [6, 6.07) is 8.78. The third-order valence-corrected chi connectivity index (χ3v) is 7.72. The third kappa shape index (κ3) is 5.65. The fourth-order valence-electron chi connectivity index (χ4n) is 3.76. The molecule has 0 spiro atoms. The minimum absolute atomic E-state index is 0.0000716. The van der Waals surface area contributed by atoms with Gasteiger partial charge in [-0.25, -0.2) is 18.2 Å². The predicted molar refractivity (Wildman–Crippen MR) is 129 cm³/mol. The van der Waals surface area contributed by atoms with E-state index in [0.717, 1.165) is 25.3 Å². The van der Waals surface area contributed by atoms with Crippen molar-refractivity contribution in [2.75, 3.05) is 32.2 Å². The molecule has 3 aromatic rings. The van der Waals surface area contributed by atoms with E-state index in [0.29, 0.717) is 23.6 Å². The smallest absolute Gasteiger partial charge is 0.418 e. The number of halogens is 4. The maximum atomic E-state index is 13.3. The molecule has 0 aliphatic carbocycles. The van der Waals surface area contributed by atoms with Crippen LogP contribution >= 0.6 is 11.6 Å². The minimum Gasteiger partial charge on any atom is -0.465 e. The number of fused-ring (bicyclic) bond motifs is 1. The molecule has 4 rings (SSSR count). The van der Waals surface area contributed by atoms with Gasteiger partial charge in [-0.2, -0.15) is 13.2 Å². The lowest BCUT2D eigenvalue weighted by atomic mass is 10.0. The highest BCUT2D eigenvalue weighted by atomic mass is 35.5. The van der Waals surface area contributed by atoms with Gasteiger partial charge in [0.05, 0.1) is 42.8 Å². The van der Waals surface area contributed by atoms with Crippen LogP contribution in [0.4, 0.5) is 24.5 Å². The van der Waals surface area contributed by atoms with Gasteiger partial charge in [-0.05, 0) is 42.0 Å². The van der Waals surface area contributed by atoms with E-state index in [1.807, 2.05) is 0 Å². The van der Waals surface area contributed by atoms with E-state index >= 15 is 0 Å². The van der Waals surface area contributed by atoms with Crippen LogP contribution in [0.25, 0.3) is 10.9 Å². The zero-order valence-corrected chi connectivity index (χ0v) is 20.7. The van der Waals surface area contributed by atoms with Crippen molar-refractivity contribution in [1.29, 1.82) is 0 Å². The monoisotopic (exact) mass is 559 g/mol. The van der Waals surface area contributed by atoms with Gasteiger partial charge < -0.3 is 19.9 Å². The molecular weight excluding hydrogens is 539 g/mol. The minimum atomic E-state index is -4.96. The second-order valence-electron chi connectivity index (χ2n) is 8.10. The zero-order chi connectivity index (χ0) is 27.0. The first-order valence-electron chi connectivity index (χ1n) is 10.8. The summed E-state index contributed by atoms with van der Waals surface area (Å²) in [6.07, 6.45) is -7.78. The Morgan fingerprint density at radius 3 is 2.65 bits per heavy atom. The lowest BCUT2D eigenvalue weighted by molar-refractivity contribution is -0.206. The number of pyridine rings is 1. The lowest BCUT2D eigenvalue weighted by Crippen LogP contribution is -2.46. The van der Waals surface area contributed by atoms with Crippen LogP contribution in [0.2, 0.25) is 5.02 Å². The maximum absolute atomic E-state index is 13.3. The van der Waals surface area contributed by atoms with E-state index in [4.69, 9.17) is 21.1 Å². The first-order chi connectivity index (χ1) is 17.4. The number of aliphatic hydroxyl groups is 1. The van der Waals surface area contributed by atoms with Crippen LogP contribution in [-0.2, 0) is 19.3 Å². The molecule has 9 nitrogen and oxygen atoms in total. The fraction of sp³-hybridized carbons (Fsp3) is 0.304. The average molecular weight is 560 g/mol. The van der Waals surface area contributed by atoms with Gasteiger partial charge in [0.2, 0.25) is 9.84 Å². The number of sulfone groups is 1. The van der Waals surface area contributed by atoms with Crippen molar-refractivity contribution in [3.05, 3.63) is 58.6 Å². The van der Waals surface area contributed by atoms with Crippen LogP contribution in [0, 0.1) is 0 Å². The number of alkyl halides is 3. The first-order valence-corrected chi connectivity index (χ1v) is 12.7. The normalized spacial score (nSPS) is 17.4. The Hall–Kier alpha value is -2.97. The van der Waals surface area contributed by atoms with Gasteiger partial charge in [0, 0.05) is 17.0 Å². The number of morpholine rings is 1. The molecule has 0 radical (unpaired) electrons. The van der Waals surface area contributed by atoms with Gasteiger partial charge >= 0.3 is 12.1 Å². The second kappa shape index (κ2) is 10.4. The van der Waals surface area contributed by atoms with E-state index in [9.17, 15) is 31.5 Å². The Labute approximate surface area is 214 Å². The Morgan fingerprint density at radius 1 is 1.24 bits per heavy atom. The maximum Gasteiger partial charge on any atom is 0.418 e. The van der Waals surface area contributed by atoms with Crippen molar-refractivity contribution in [2.24, 2.45) is 0 Å². The summed E-state index contributed by atoms with van der Waals surface area (Å²) in [5, 5.41) is 14.8. The standard InChI is InChI=1S/C23H21ClF3N3O6S/c1-35-22(32)15-8-12(21(31)23(25,26)27)2-4-17(15)29-18-10-19(30-16-5-3-13(24)9-14(16)18)37(33,34)20-11-36-7-6-28-20/h2-5,8-10,20-21,28,31H,6-7,11H2,1H3,(H,29,30). The van der Waals surface area contributed by atoms with Crippen molar-refractivity contribution < 1.29 is 41.0 Å². The molecule has 3 N–H and O–H groups in total. The van der Waals surface area contributed by atoms with Gasteiger partial charge in [0.15, 0.2) is 11.1 Å². The summed E-state index contributed by atoms with van der Waals surface area (Å²) in [4.78, 5) is 16.7. The molecule has 1 aromatic heterocycles. The largest absolute Gasteiger partial charge is 0.465 e. The van der Waals surface area contributed by atoms with Gasteiger partial charge in [0.1, 0.15) is 5.37 Å². The molecule has 0 saturated carbocycles. The number of benzene rings is 2. The SMILES string of the molecule is COC(=O)c1cc(C(O)C(F)(F)F)ccc1Nc1cc(S(=O)(=O)C2COCCN2)nc2ccc(Cl)cc12. The molecule has 1 aliphatic heterocycles. The van der Waals surface area contributed by atoms with E-state index in [-0.39, 0.29) is 34.1 Å². The molecule has 2 heterocycles. The Balaban J connectivity index is 1.84. The predicted octanol–water partition coefficient (Wildman–Crippen LogP) is 3.73. The van der Waals surface area contributed by atoms with Crippen LogP contribution in [0.1, 0.15) is 22.0 Å². The summed E-state index contributed by atoms with van der Waals surface area (Å²) < 4.78 is 75.7. The van der Waals surface area contributed by atoms with Gasteiger partial charge in [0.25, 0.3) is 0 Å². The van der Waals surface area contributed by atoms with E-state index in [2.05, 4.69) is 15.6 Å². The number of rotatable bonds is 6. The lowest BCUT2D eigenvalue weighted by Gasteiger charge is -2.24. The van der Waals surface area contributed by atoms with Crippen LogP contribution in [0.3, 0.4) is 0 Å². The summed E-state index contributed by atoms with van der Waals surface area (Å²) in [6.45, 7) is 0.607. The molecule has 14 heteroatoms. The summed E-state index contributed by atoms with van der Waals surface area (Å²) >= 11 is 6.14. The Morgan fingerprint density at radius 2 is 2.00 bits per heavy atom. The van der Waals surface area contributed by atoms with Gasteiger partial charge in [-0.1, -0.05) is 17.7 Å². The average Bonchev–Trinajstić information content (AvgIpc) is 2.88. The molecule has 1 fully saturated rings. The van der Waals surface area contributed by atoms with Gasteiger partial charge in [-0.3, -0.25) is 5.32 Å². The molecule has 1 saturated heterocycles. The molecule has 2 aromatic carbocycles. The van der Waals surface area contributed by atoms with E-state index in [1.165, 1.54) is 24.3 Å². The number of ether oxygens (including phenoxy) is 2. The van der Waals surface area contributed by atoms with Crippen molar-refractivity contribution in [2.45, 2.75) is 22.7 Å². The van der Waals surface area contributed by atoms with E-state index < -0.39 is 39.0 Å². The number of anilines is 2. The van der Waals surface area contributed by atoms with Crippen LogP contribution in [0.15, 0.2) is 47.5 Å². The Bertz CT molecular complexity index is 1450. The van der Waals surface area contributed by atoms with Crippen molar-refractivity contribution in [3.8, 4) is 0 Å². The second-order valence-corrected chi connectivity index (χ2v) is 10.6. The molecule has 0 bridgehead atoms. The summed E-state index contributed by atoms with van der Waals surface area (Å²) in [5.74, 6) is -0.980. The molecule has 2 atom stereocenters. The number of carbonyl (C=O) groups excluding carboxylic acids is 1. The molecule has 1 aliphatic rings. The number of aromatic nitrogens is 1. The number of esters is 1. The number of nitrogens with one attached hydrogen (secondary N) is 2. The number of carbonyl (C=O) groups is 1. The molecule has 0 amide bonds. The van der Waals surface area contributed by atoms with E-state index in [1.54, 1.807) is 0 Å². The van der Waals surface area contributed by atoms with Crippen LogP contribution < -0.4 is 10.6 Å².